The summed E-state index contributed by atoms with van der Waals surface area (Å²) >= 11 is 0. The molecule has 1 N–H and O–H groups in total. The lowest BCUT2D eigenvalue weighted by molar-refractivity contribution is 0.0688. The highest BCUT2D eigenvalue weighted by Gasteiger charge is 2.20. The number of benzene rings is 1. The van der Waals surface area contributed by atoms with Crippen molar-refractivity contribution in [2.45, 2.75) is 6.92 Å². The van der Waals surface area contributed by atoms with Crippen LogP contribution in [-0.2, 0) is 0 Å². The van der Waals surface area contributed by atoms with Crippen LogP contribution in [0.3, 0.4) is 0 Å². The second-order valence-electron chi connectivity index (χ2n) is 4.49. The van der Waals surface area contributed by atoms with Gasteiger partial charge >= 0.3 is 5.97 Å². The Morgan fingerprint density at radius 3 is 2.85 bits per heavy atom. The molecule has 20 heavy (non-hydrogen) atoms. The number of aromatic nitrogens is 2. The van der Waals surface area contributed by atoms with Crippen LogP contribution < -0.4 is 0 Å². The fraction of sp³-hybridized carbons (Fsp3) is 0.0667. The second kappa shape index (κ2) is 4.45. The first-order valence-corrected chi connectivity index (χ1v) is 6.04. The fourth-order valence-electron chi connectivity index (χ4n) is 2.44. The summed E-state index contributed by atoms with van der Waals surface area (Å²) in [5.74, 6) is -1.47. The Morgan fingerprint density at radius 1 is 1.35 bits per heavy atom. The molecule has 0 fully saturated rings. The molecule has 0 radical (unpaired) electrons. The van der Waals surface area contributed by atoms with Gasteiger partial charge in [-0.1, -0.05) is 6.07 Å². The number of aryl methyl sites for hydroxylation is 1. The molecule has 0 aliphatic rings. The fourth-order valence-corrected chi connectivity index (χ4v) is 2.44. The van der Waals surface area contributed by atoms with Gasteiger partial charge in [0.05, 0.1) is 11.7 Å². The maximum Gasteiger partial charge on any atom is 0.353 e. The monoisotopic (exact) mass is 270 g/mol. The summed E-state index contributed by atoms with van der Waals surface area (Å²) in [4.78, 5) is 15.6. The lowest BCUT2D eigenvalue weighted by Gasteiger charge is -2.08. The molecule has 0 aliphatic carbocycles. The van der Waals surface area contributed by atoms with E-state index in [9.17, 15) is 14.3 Å². The van der Waals surface area contributed by atoms with Crippen molar-refractivity contribution in [3.63, 3.8) is 0 Å². The lowest BCUT2D eigenvalue weighted by atomic mass is 10.2. The van der Waals surface area contributed by atoms with Gasteiger partial charge in [0.2, 0.25) is 0 Å². The first-order valence-electron chi connectivity index (χ1n) is 6.04. The summed E-state index contributed by atoms with van der Waals surface area (Å²) < 4.78 is 14.9. The minimum absolute atomic E-state index is 0.124. The number of nitrogens with zero attached hydrogens (tertiary/aromatic N) is 2. The number of pyridine rings is 1. The summed E-state index contributed by atoms with van der Waals surface area (Å²) in [6.07, 6.45) is 3.19. The Balaban J connectivity index is 2.45. The molecule has 0 bridgehead atoms. The second-order valence-corrected chi connectivity index (χ2v) is 4.49. The van der Waals surface area contributed by atoms with Crippen LogP contribution >= 0.6 is 0 Å². The van der Waals surface area contributed by atoms with Gasteiger partial charge in [0, 0.05) is 17.3 Å². The van der Waals surface area contributed by atoms with Gasteiger partial charge in [-0.3, -0.25) is 4.98 Å². The van der Waals surface area contributed by atoms with Gasteiger partial charge in [-0.25, -0.2) is 9.18 Å². The van der Waals surface area contributed by atoms with E-state index in [1.807, 2.05) is 0 Å². The molecular formula is C15H11FN2O2. The third kappa shape index (κ3) is 1.75. The first kappa shape index (κ1) is 12.3. The number of rotatable bonds is 2. The summed E-state index contributed by atoms with van der Waals surface area (Å²) in [5.41, 5.74) is 1.87. The number of carbonyl (C=O) groups is 1. The molecule has 0 aliphatic heterocycles. The van der Waals surface area contributed by atoms with Crippen molar-refractivity contribution in [3.05, 3.63) is 59.8 Å². The van der Waals surface area contributed by atoms with Gasteiger partial charge in [0.25, 0.3) is 0 Å². The average molecular weight is 270 g/mol. The van der Waals surface area contributed by atoms with E-state index < -0.39 is 11.8 Å². The molecule has 5 heteroatoms. The van der Waals surface area contributed by atoms with Crippen molar-refractivity contribution in [2.24, 2.45) is 0 Å². The highest BCUT2D eigenvalue weighted by atomic mass is 19.1. The van der Waals surface area contributed by atoms with Crippen molar-refractivity contribution in [3.8, 4) is 5.69 Å². The molecule has 2 heterocycles. The maximum absolute atomic E-state index is 13.4. The van der Waals surface area contributed by atoms with Gasteiger partial charge in [-0.2, -0.15) is 0 Å². The highest BCUT2D eigenvalue weighted by molar-refractivity contribution is 5.99. The van der Waals surface area contributed by atoms with Gasteiger partial charge in [0.15, 0.2) is 0 Å². The lowest BCUT2D eigenvalue weighted by Crippen LogP contribution is -2.08. The quantitative estimate of drug-likeness (QED) is 0.778. The largest absolute Gasteiger partial charge is 0.477 e. The van der Waals surface area contributed by atoms with Crippen LogP contribution in [0.25, 0.3) is 16.6 Å². The van der Waals surface area contributed by atoms with Crippen LogP contribution in [0.1, 0.15) is 16.1 Å². The predicted octanol–water partition coefficient (Wildman–Crippen LogP) is 3.17. The Hall–Kier alpha value is -2.69. The van der Waals surface area contributed by atoms with Gasteiger partial charge in [-0.15, -0.1) is 0 Å². The van der Waals surface area contributed by atoms with E-state index in [0.29, 0.717) is 16.8 Å². The number of halogens is 1. The van der Waals surface area contributed by atoms with Crippen molar-refractivity contribution >= 4 is 16.9 Å². The van der Waals surface area contributed by atoms with E-state index in [1.165, 1.54) is 16.7 Å². The van der Waals surface area contributed by atoms with Crippen LogP contribution in [0.2, 0.25) is 0 Å². The smallest absolute Gasteiger partial charge is 0.353 e. The van der Waals surface area contributed by atoms with Crippen molar-refractivity contribution in [1.82, 2.24) is 9.55 Å². The van der Waals surface area contributed by atoms with Crippen molar-refractivity contribution < 1.29 is 14.3 Å². The molecule has 100 valence electrons. The van der Waals surface area contributed by atoms with Crippen LogP contribution in [0.15, 0.2) is 42.7 Å². The van der Waals surface area contributed by atoms with E-state index in [0.717, 1.165) is 5.39 Å². The normalized spacial score (nSPS) is 10.9. The molecule has 1 aromatic carbocycles. The number of fused-ring (bicyclic) bond motifs is 1. The highest BCUT2D eigenvalue weighted by Crippen LogP contribution is 2.28. The van der Waals surface area contributed by atoms with E-state index in [4.69, 9.17) is 0 Å². The molecule has 3 aromatic rings. The zero-order valence-corrected chi connectivity index (χ0v) is 10.7. The standard InChI is InChI=1S/C15H11FN2O2/c1-9-12-5-6-17-8-13(12)18(14(9)15(19)20)11-4-2-3-10(16)7-11/h2-8H,1H3,(H,19,20). The number of hydrogen-bond acceptors (Lipinski definition) is 2. The third-order valence-electron chi connectivity index (χ3n) is 3.29. The van der Waals surface area contributed by atoms with Gasteiger partial charge < -0.3 is 9.67 Å². The first-order chi connectivity index (χ1) is 9.59. The summed E-state index contributed by atoms with van der Waals surface area (Å²) in [5, 5.41) is 10.2. The van der Waals surface area contributed by atoms with Crippen molar-refractivity contribution in [1.29, 1.82) is 0 Å². The Kier molecular flexibility index (Phi) is 2.75. The SMILES string of the molecule is Cc1c(C(=O)O)n(-c2cccc(F)c2)c2cnccc12. The number of aromatic carboxylic acids is 1. The Morgan fingerprint density at radius 2 is 2.15 bits per heavy atom. The Bertz CT molecular complexity index is 824. The number of hydrogen-bond donors (Lipinski definition) is 1. The van der Waals surface area contributed by atoms with E-state index in [1.54, 1.807) is 37.5 Å². The zero-order valence-electron chi connectivity index (χ0n) is 10.7. The molecular weight excluding hydrogens is 259 g/mol. The van der Waals surface area contributed by atoms with E-state index >= 15 is 0 Å². The summed E-state index contributed by atoms with van der Waals surface area (Å²) in [6, 6.07) is 7.60. The van der Waals surface area contributed by atoms with Crippen molar-refractivity contribution in [2.75, 3.05) is 0 Å². The molecule has 2 aromatic heterocycles. The molecule has 0 atom stereocenters. The van der Waals surface area contributed by atoms with Crippen LogP contribution in [0.4, 0.5) is 4.39 Å². The molecule has 0 unspecified atom stereocenters. The molecule has 0 saturated carbocycles. The molecule has 4 nitrogen and oxygen atoms in total. The van der Waals surface area contributed by atoms with Crippen LogP contribution in [-0.4, -0.2) is 20.6 Å². The van der Waals surface area contributed by atoms with E-state index in [-0.39, 0.29) is 5.69 Å². The molecule has 0 spiro atoms. The minimum Gasteiger partial charge on any atom is -0.477 e. The van der Waals surface area contributed by atoms with Gasteiger partial charge in [0.1, 0.15) is 11.5 Å². The average Bonchev–Trinajstić information content (AvgIpc) is 2.73. The maximum atomic E-state index is 13.4. The molecule has 0 saturated heterocycles. The zero-order chi connectivity index (χ0) is 14.3. The van der Waals surface area contributed by atoms with Gasteiger partial charge in [-0.05, 0) is 36.8 Å². The number of carboxylic acid groups (broad SMARTS) is 1. The number of carboxylic acids is 1. The Labute approximate surface area is 114 Å². The molecule has 0 amide bonds. The topological polar surface area (TPSA) is 55.1 Å². The third-order valence-corrected chi connectivity index (χ3v) is 3.29. The van der Waals surface area contributed by atoms with E-state index in [2.05, 4.69) is 4.98 Å². The van der Waals surface area contributed by atoms with Crippen LogP contribution in [0, 0.1) is 12.7 Å². The molecule has 3 rings (SSSR count). The summed E-state index contributed by atoms with van der Waals surface area (Å²) in [6.45, 7) is 1.74. The summed E-state index contributed by atoms with van der Waals surface area (Å²) in [7, 11) is 0. The predicted molar refractivity (Wildman–Crippen MR) is 72.7 cm³/mol. The minimum atomic E-state index is -1.05. The van der Waals surface area contributed by atoms with Crippen LogP contribution in [0.5, 0.6) is 0 Å².